The van der Waals surface area contributed by atoms with E-state index in [1.807, 2.05) is 38.1 Å². The van der Waals surface area contributed by atoms with Crippen molar-refractivity contribution in [3.8, 4) is 0 Å². The predicted molar refractivity (Wildman–Crippen MR) is 157 cm³/mol. The molecule has 0 heterocycles. The van der Waals surface area contributed by atoms with Gasteiger partial charge in [0.15, 0.2) is 0 Å². The van der Waals surface area contributed by atoms with Crippen LogP contribution in [-0.4, -0.2) is 44.3 Å². The topological polar surface area (TPSA) is 86.8 Å². The highest BCUT2D eigenvalue weighted by molar-refractivity contribution is 7.92. The van der Waals surface area contributed by atoms with Gasteiger partial charge in [-0.3, -0.25) is 13.9 Å². The van der Waals surface area contributed by atoms with Gasteiger partial charge >= 0.3 is 0 Å². The minimum atomic E-state index is -4.22. The van der Waals surface area contributed by atoms with Crippen molar-refractivity contribution in [2.45, 2.75) is 51.1 Å². The van der Waals surface area contributed by atoms with Crippen molar-refractivity contribution >= 4 is 50.7 Å². The number of nitrogens with zero attached hydrogens (tertiary/aromatic N) is 2. The average Bonchev–Trinajstić information content (AvgIpc) is 2.92. The molecule has 0 aromatic heterocycles. The number of amides is 2. The highest BCUT2D eigenvalue weighted by atomic mass is 35.5. The van der Waals surface area contributed by atoms with E-state index in [-0.39, 0.29) is 33.1 Å². The second-order valence-electron chi connectivity index (χ2n) is 9.25. The molecule has 39 heavy (non-hydrogen) atoms. The molecular formula is C29H33Cl2N3O4S. The lowest BCUT2D eigenvalue weighted by molar-refractivity contribution is -0.139. The number of aryl methyl sites for hydroxylation is 1. The van der Waals surface area contributed by atoms with Crippen molar-refractivity contribution in [1.29, 1.82) is 0 Å². The summed E-state index contributed by atoms with van der Waals surface area (Å²) in [5.74, 6) is -0.882. The number of carbonyl (C=O) groups is 2. The second-order valence-corrected chi connectivity index (χ2v) is 12.0. The summed E-state index contributed by atoms with van der Waals surface area (Å²) in [6.07, 6.45) is 1.72. The van der Waals surface area contributed by atoms with Crippen molar-refractivity contribution in [3.05, 3.63) is 94.0 Å². The summed E-state index contributed by atoms with van der Waals surface area (Å²) in [5.41, 5.74) is 1.88. The number of hydrogen-bond donors (Lipinski definition) is 1. The molecule has 0 aliphatic rings. The van der Waals surface area contributed by atoms with Gasteiger partial charge in [0, 0.05) is 18.1 Å². The number of rotatable bonds is 12. The fraction of sp³-hybridized carbons (Fsp3) is 0.310. The zero-order valence-corrected chi connectivity index (χ0v) is 24.6. The van der Waals surface area contributed by atoms with Gasteiger partial charge in [-0.2, -0.15) is 0 Å². The second kappa shape index (κ2) is 13.8. The first-order valence-corrected chi connectivity index (χ1v) is 14.9. The summed E-state index contributed by atoms with van der Waals surface area (Å²) in [6, 6.07) is 18.9. The van der Waals surface area contributed by atoms with Crippen LogP contribution in [0.4, 0.5) is 5.69 Å². The van der Waals surface area contributed by atoms with E-state index in [4.69, 9.17) is 23.2 Å². The summed E-state index contributed by atoms with van der Waals surface area (Å²) in [4.78, 5) is 28.3. The van der Waals surface area contributed by atoms with E-state index in [2.05, 4.69) is 5.32 Å². The monoisotopic (exact) mass is 589 g/mol. The molecule has 0 bridgehead atoms. The number of halogens is 2. The standard InChI is InChI=1S/C29H33Cl2N3O4S/c1-4-5-16-32-29(36)22(3)33(19-23-11-9-10-21(2)17-23)28(35)20-34(27-18-24(30)14-15-26(27)31)39(37,38)25-12-7-6-8-13-25/h6-15,17-18,22H,4-5,16,19-20H2,1-3H3,(H,32,36)/t22-/m0/s1. The first-order valence-electron chi connectivity index (χ1n) is 12.7. The number of benzene rings is 3. The third-order valence-corrected chi connectivity index (χ3v) is 8.55. The summed E-state index contributed by atoms with van der Waals surface area (Å²) < 4.78 is 28.6. The fourth-order valence-electron chi connectivity index (χ4n) is 4.04. The molecule has 10 heteroatoms. The van der Waals surface area contributed by atoms with Crippen LogP contribution in [0, 0.1) is 6.92 Å². The molecular weight excluding hydrogens is 557 g/mol. The summed E-state index contributed by atoms with van der Waals surface area (Å²) in [6.45, 7) is 5.61. The van der Waals surface area contributed by atoms with Crippen LogP contribution in [0.3, 0.4) is 0 Å². The molecule has 0 saturated heterocycles. The lowest BCUT2D eigenvalue weighted by atomic mass is 10.1. The van der Waals surface area contributed by atoms with Crippen LogP contribution >= 0.6 is 23.2 Å². The largest absolute Gasteiger partial charge is 0.354 e. The maximum Gasteiger partial charge on any atom is 0.264 e. The van der Waals surface area contributed by atoms with Gasteiger partial charge < -0.3 is 10.2 Å². The first kappa shape index (κ1) is 30.5. The number of carbonyl (C=O) groups excluding carboxylic acids is 2. The maximum absolute atomic E-state index is 13.9. The molecule has 3 rings (SSSR count). The molecule has 208 valence electrons. The van der Waals surface area contributed by atoms with E-state index in [1.165, 1.54) is 35.2 Å². The Hall–Kier alpha value is -3.07. The van der Waals surface area contributed by atoms with E-state index in [9.17, 15) is 18.0 Å². The normalized spacial score (nSPS) is 12.0. The molecule has 1 N–H and O–H groups in total. The van der Waals surface area contributed by atoms with Gasteiger partial charge in [0.05, 0.1) is 15.6 Å². The Kier molecular flexibility index (Phi) is 10.8. The SMILES string of the molecule is CCCCNC(=O)[C@H](C)N(Cc1cccc(C)c1)C(=O)CN(c1cc(Cl)ccc1Cl)S(=O)(=O)c1ccccc1. The van der Waals surface area contributed by atoms with Crippen LogP contribution in [-0.2, 0) is 26.2 Å². The molecule has 1 atom stereocenters. The Morgan fingerprint density at radius 3 is 2.36 bits per heavy atom. The van der Waals surface area contributed by atoms with Crippen molar-refractivity contribution in [2.75, 3.05) is 17.4 Å². The number of unbranched alkanes of at least 4 members (excludes halogenated alkanes) is 1. The zero-order chi connectivity index (χ0) is 28.6. The van der Waals surface area contributed by atoms with Gasteiger partial charge in [-0.05, 0) is 56.2 Å². The molecule has 0 radical (unpaired) electrons. The lowest BCUT2D eigenvalue weighted by Gasteiger charge is -2.32. The van der Waals surface area contributed by atoms with E-state index < -0.39 is 28.5 Å². The minimum absolute atomic E-state index is 0.00978. The van der Waals surface area contributed by atoms with E-state index in [1.54, 1.807) is 25.1 Å². The Balaban J connectivity index is 2.03. The predicted octanol–water partition coefficient (Wildman–Crippen LogP) is 5.83. The third-order valence-electron chi connectivity index (χ3n) is 6.22. The molecule has 0 aliphatic heterocycles. The van der Waals surface area contributed by atoms with Crippen LogP contribution in [0.15, 0.2) is 77.7 Å². The Morgan fingerprint density at radius 2 is 1.69 bits per heavy atom. The first-order chi connectivity index (χ1) is 18.5. The van der Waals surface area contributed by atoms with Crippen LogP contribution in [0.2, 0.25) is 10.0 Å². The number of sulfonamides is 1. The van der Waals surface area contributed by atoms with Crippen LogP contribution in [0.25, 0.3) is 0 Å². The van der Waals surface area contributed by atoms with Gasteiger partial charge in [-0.1, -0.05) is 84.6 Å². The summed E-state index contributed by atoms with van der Waals surface area (Å²) in [7, 11) is -4.22. The Bertz CT molecular complexity index is 1400. The molecule has 2 amide bonds. The number of nitrogens with one attached hydrogen (secondary N) is 1. The fourth-order valence-corrected chi connectivity index (χ4v) is 5.92. The number of anilines is 1. The lowest BCUT2D eigenvalue weighted by Crippen LogP contribution is -2.51. The smallest absolute Gasteiger partial charge is 0.264 e. The van der Waals surface area contributed by atoms with Crippen LogP contribution in [0.5, 0.6) is 0 Å². The number of hydrogen-bond acceptors (Lipinski definition) is 4. The minimum Gasteiger partial charge on any atom is -0.354 e. The van der Waals surface area contributed by atoms with E-state index in [0.717, 1.165) is 28.3 Å². The quantitative estimate of drug-likeness (QED) is 0.269. The van der Waals surface area contributed by atoms with Crippen molar-refractivity contribution < 1.29 is 18.0 Å². The van der Waals surface area contributed by atoms with Gasteiger partial charge in [-0.25, -0.2) is 8.42 Å². The molecule has 0 fully saturated rings. The molecule has 3 aromatic rings. The maximum atomic E-state index is 13.9. The summed E-state index contributed by atoms with van der Waals surface area (Å²) >= 11 is 12.6. The van der Waals surface area contributed by atoms with Crippen molar-refractivity contribution in [1.82, 2.24) is 10.2 Å². The highest BCUT2D eigenvalue weighted by Crippen LogP contribution is 2.33. The Labute approximate surface area is 240 Å². The van der Waals surface area contributed by atoms with Crippen molar-refractivity contribution in [2.24, 2.45) is 0 Å². The average molecular weight is 591 g/mol. The molecule has 7 nitrogen and oxygen atoms in total. The molecule has 0 spiro atoms. The van der Waals surface area contributed by atoms with Gasteiger partial charge in [0.1, 0.15) is 12.6 Å². The van der Waals surface area contributed by atoms with Gasteiger partial charge in [-0.15, -0.1) is 0 Å². The van der Waals surface area contributed by atoms with E-state index >= 15 is 0 Å². The third kappa shape index (κ3) is 7.97. The highest BCUT2D eigenvalue weighted by Gasteiger charge is 2.33. The Morgan fingerprint density at radius 1 is 0.974 bits per heavy atom. The van der Waals surface area contributed by atoms with Gasteiger partial charge in [0.25, 0.3) is 10.0 Å². The van der Waals surface area contributed by atoms with Crippen LogP contribution in [0.1, 0.15) is 37.8 Å². The summed E-state index contributed by atoms with van der Waals surface area (Å²) in [5, 5.41) is 3.24. The molecule has 0 aliphatic carbocycles. The van der Waals surface area contributed by atoms with Gasteiger partial charge in [0.2, 0.25) is 11.8 Å². The van der Waals surface area contributed by atoms with E-state index in [0.29, 0.717) is 6.54 Å². The molecule has 3 aromatic carbocycles. The molecule has 0 unspecified atom stereocenters. The van der Waals surface area contributed by atoms with Crippen molar-refractivity contribution in [3.63, 3.8) is 0 Å². The zero-order valence-electron chi connectivity index (χ0n) is 22.2. The molecule has 0 saturated carbocycles. The van der Waals surface area contributed by atoms with Crippen LogP contribution < -0.4 is 9.62 Å².